The highest BCUT2D eigenvalue weighted by Gasteiger charge is 1.95. The van der Waals surface area contributed by atoms with Crippen LogP contribution in [0, 0.1) is 5.41 Å². The third-order valence-corrected chi connectivity index (χ3v) is 1.48. The third kappa shape index (κ3) is 2.57. The number of carboxylic acids is 1. The van der Waals surface area contributed by atoms with Gasteiger partial charge in [-0.3, -0.25) is 4.79 Å². The third-order valence-electron chi connectivity index (χ3n) is 1.48. The predicted octanol–water partition coefficient (Wildman–Crippen LogP) is 0.442. The van der Waals surface area contributed by atoms with Gasteiger partial charge in [-0.25, -0.2) is 0 Å². The molecule has 0 unspecified atom stereocenters. The van der Waals surface area contributed by atoms with Gasteiger partial charge in [0.05, 0.1) is 11.8 Å². The molecule has 12 heavy (non-hydrogen) atoms. The second-order valence-electron chi connectivity index (χ2n) is 2.47. The lowest BCUT2D eigenvalue weighted by Gasteiger charge is -2.01. The molecule has 0 aliphatic rings. The number of aliphatic carboxylic acids is 1. The van der Waals surface area contributed by atoms with Gasteiger partial charge in [-0.1, -0.05) is 0 Å². The van der Waals surface area contributed by atoms with Crippen LogP contribution in [-0.4, -0.2) is 15.6 Å². The zero-order valence-electron chi connectivity index (χ0n) is 6.53. The molecule has 1 heterocycles. The summed E-state index contributed by atoms with van der Waals surface area (Å²) >= 11 is 0. The number of aromatic nitrogens is 1. The number of nitrogens with zero attached hydrogens (tertiary/aromatic N) is 1. The monoisotopic (exact) mass is 166 g/mol. The van der Waals surface area contributed by atoms with Crippen molar-refractivity contribution in [2.24, 2.45) is 0 Å². The van der Waals surface area contributed by atoms with Gasteiger partial charge >= 0.3 is 5.97 Å². The van der Waals surface area contributed by atoms with Gasteiger partial charge in [-0.15, -0.1) is 0 Å². The first-order chi connectivity index (χ1) is 5.68. The summed E-state index contributed by atoms with van der Waals surface area (Å²) in [7, 11) is 0. The molecule has 0 radical (unpaired) electrons. The van der Waals surface area contributed by atoms with Crippen LogP contribution < -0.4 is 5.36 Å². The van der Waals surface area contributed by atoms with Crippen molar-refractivity contribution in [1.29, 1.82) is 5.41 Å². The molecule has 0 aliphatic carbocycles. The molecule has 64 valence electrons. The topological polar surface area (TPSA) is 66.1 Å². The van der Waals surface area contributed by atoms with Crippen LogP contribution in [0.25, 0.3) is 0 Å². The summed E-state index contributed by atoms with van der Waals surface area (Å²) in [5.74, 6) is -0.808. The maximum absolute atomic E-state index is 10.2. The van der Waals surface area contributed by atoms with E-state index in [9.17, 15) is 4.79 Å². The molecule has 1 aromatic rings. The first kappa shape index (κ1) is 8.52. The van der Waals surface area contributed by atoms with E-state index in [0.29, 0.717) is 11.9 Å². The van der Waals surface area contributed by atoms with Gasteiger partial charge in [0, 0.05) is 18.9 Å². The van der Waals surface area contributed by atoms with Crippen molar-refractivity contribution in [1.82, 2.24) is 4.57 Å². The Morgan fingerprint density at radius 2 is 2.08 bits per heavy atom. The van der Waals surface area contributed by atoms with Gasteiger partial charge in [0.1, 0.15) is 0 Å². The fourth-order valence-electron chi connectivity index (χ4n) is 0.831. The number of aryl methyl sites for hydroxylation is 1. The molecular weight excluding hydrogens is 156 g/mol. The summed E-state index contributed by atoms with van der Waals surface area (Å²) in [4.78, 5) is 10.2. The molecule has 0 aromatic carbocycles. The highest BCUT2D eigenvalue weighted by atomic mass is 16.4. The molecule has 4 nitrogen and oxygen atoms in total. The van der Waals surface area contributed by atoms with Crippen molar-refractivity contribution >= 4 is 5.97 Å². The normalized spacial score (nSPS) is 9.67. The average Bonchev–Trinajstić information content (AvgIpc) is 2.03. The van der Waals surface area contributed by atoms with Gasteiger partial charge in [0.15, 0.2) is 0 Å². The SMILES string of the molecule is N=c1ccn(CCC(=O)O)cc1. The van der Waals surface area contributed by atoms with Crippen LogP contribution in [0.15, 0.2) is 24.5 Å². The minimum absolute atomic E-state index is 0.113. The van der Waals surface area contributed by atoms with Gasteiger partial charge in [0.2, 0.25) is 0 Å². The van der Waals surface area contributed by atoms with E-state index in [1.54, 1.807) is 29.1 Å². The molecule has 4 heteroatoms. The van der Waals surface area contributed by atoms with Crippen molar-refractivity contribution in [3.8, 4) is 0 Å². The summed E-state index contributed by atoms with van der Waals surface area (Å²) in [6.07, 6.45) is 3.51. The fourth-order valence-corrected chi connectivity index (χ4v) is 0.831. The standard InChI is InChI=1S/C8H10N2O2/c9-7-1-4-10(5-2-7)6-3-8(11)12/h1-2,4-5,9H,3,6H2,(H,11,12). The van der Waals surface area contributed by atoms with E-state index in [-0.39, 0.29) is 6.42 Å². The van der Waals surface area contributed by atoms with Crippen LogP contribution in [0.2, 0.25) is 0 Å². The zero-order chi connectivity index (χ0) is 8.97. The molecule has 1 aromatic heterocycles. The van der Waals surface area contributed by atoms with Crippen LogP contribution >= 0.6 is 0 Å². The van der Waals surface area contributed by atoms with Crippen molar-refractivity contribution < 1.29 is 9.90 Å². The second-order valence-corrected chi connectivity index (χ2v) is 2.47. The maximum Gasteiger partial charge on any atom is 0.305 e. The molecule has 1 rings (SSSR count). The largest absolute Gasteiger partial charge is 0.481 e. The Labute approximate surface area is 69.6 Å². The van der Waals surface area contributed by atoms with Crippen LogP contribution in [0.1, 0.15) is 6.42 Å². The molecule has 0 spiro atoms. The van der Waals surface area contributed by atoms with E-state index in [4.69, 9.17) is 10.5 Å². The minimum Gasteiger partial charge on any atom is -0.481 e. The number of pyridine rings is 1. The molecular formula is C8H10N2O2. The molecule has 0 saturated carbocycles. The Bertz CT molecular complexity index is 310. The molecule has 0 saturated heterocycles. The molecule has 2 N–H and O–H groups in total. The van der Waals surface area contributed by atoms with E-state index in [1.165, 1.54) is 0 Å². The Morgan fingerprint density at radius 3 is 2.58 bits per heavy atom. The van der Waals surface area contributed by atoms with Gasteiger partial charge in [-0.05, 0) is 12.1 Å². The molecule has 0 bridgehead atoms. The summed E-state index contributed by atoms with van der Waals surface area (Å²) < 4.78 is 1.74. The maximum atomic E-state index is 10.2. The van der Waals surface area contributed by atoms with Crippen LogP contribution in [-0.2, 0) is 11.3 Å². The lowest BCUT2D eigenvalue weighted by atomic mass is 10.4. The first-order valence-corrected chi connectivity index (χ1v) is 3.61. The number of nitrogens with one attached hydrogen (secondary N) is 1. The smallest absolute Gasteiger partial charge is 0.305 e. The van der Waals surface area contributed by atoms with Crippen LogP contribution in [0.5, 0.6) is 0 Å². The number of hydrogen-bond donors (Lipinski definition) is 2. The number of rotatable bonds is 3. The fraction of sp³-hybridized carbons (Fsp3) is 0.250. The molecule has 0 amide bonds. The van der Waals surface area contributed by atoms with Crippen molar-refractivity contribution in [2.75, 3.05) is 0 Å². The quantitative estimate of drug-likeness (QED) is 0.684. The van der Waals surface area contributed by atoms with E-state index in [0.717, 1.165) is 0 Å². The summed E-state index contributed by atoms with van der Waals surface area (Å²) in [5, 5.41) is 16.0. The average molecular weight is 166 g/mol. The number of carbonyl (C=O) groups is 1. The van der Waals surface area contributed by atoms with Crippen molar-refractivity contribution in [2.45, 2.75) is 13.0 Å². The Hall–Kier alpha value is -1.58. The Kier molecular flexibility index (Phi) is 2.63. The lowest BCUT2D eigenvalue weighted by molar-refractivity contribution is -0.137. The van der Waals surface area contributed by atoms with Crippen LogP contribution in [0.3, 0.4) is 0 Å². The number of hydrogen-bond acceptors (Lipinski definition) is 2. The van der Waals surface area contributed by atoms with Crippen LogP contribution in [0.4, 0.5) is 0 Å². The Morgan fingerprint density at radius 1 is 1.50 bits per heavy atom. The van der Waals surface area contributed by atoms with Crippen molar-refractivity contribution in [3.63, 3.8) is 0 Å². The van der Waals surface area contributed by atoms with Gasteiger partial charge < -0.3 is 15.1 Å². The molecule has 0 fully saturated rings. The molecule has 0 atom stereocenters. The van der Waals surface area contributed by atoms with E-state index in [1.807, 2.05) is 0 Å². The summed E-state index contributed by atoms with van der Waals surface area (Å²) in [5.41, 5.74) is 0. The van der Waals surface area contributed by atoms with E-state index >= 15 is 0 Å². The lowest BCUT2D eigenvalue weighted by Crippen LogP contribution is -2.07. The van der Waals surface area contributed by atoms with Gasteiger partial charge in [-0.2, -0.15) is 0 Å². The number of carboxylic acid groups (broad SMARTS) is 1. The van der Waals surface area contributed by atoms with E-state index in [2.05, 4.69) is 0 Å². The minimum atomic E-state index is -0.808. The Balaban J connectivity index is 2.59. The molecule has 0 aliphatic heterocycles. The highest BCUT2D eigenvalue weighted by molar-refractivity contribution is 5.66. The summed E-state index contributed by atoms with van der Waals surface area (Å²) in [6, 6.07) is 3.25. The predicted molar refractivity (Wildman–Crippen MR) is 42.5 cm³/mol. The zero-order valence-corrected chi connectivity index (χ0v) is 6.53. The van der Waals surface area contributed by atoms with Gasteiger partial charge in [0.25, 0.3) is 0 Å². The second kappa shape index (κ2) is 3.71. The highest BCUT2D eigenvalue weighted by Crippen LogP contribution is 1.88. The van der Waals surface area contributed by atoms with E-state index < -0.39 is 5.97 Å². The van der Waals surface area contributed by atoms with Crippen molar-refractivity contribution in [3.05, 3.63) is 29.9 Å². The first-order valence-electron chi connectivity index (χ1n) is 3.61. The summed E-state index contributed by atoms with van der Waals surface area (Å²) in [6.45, 7) is 0.454.